The van der Waals surface area contributed by atoms with E-state index in [0.29, 0.717) is 34.9 Å². The first kappa shape index (κ1) is 37.3. The van der Waals surface area contributed by atoms with Crippen molar-refractivity contribution in [3.8, 4) is 0 Å². The third-order valence-electron chi connectivity index (χ3n) is 9.70. The molecule has 1 fully saturated rings. The molecular weight excluding hydrogens is 735 g/mol. The lowest BCUT2D eigenvalue weighted by Gasteiger charge is -2.42. The van der Waals surface area contributed by atoms with Crippen LogP contribution in [0.25, 0.3) is 10.9 Å². The van der Waals surface area contributed by atoms with Gasteiger partial charge in [0.2, 0.25) is 11.4 Å². The number of amides is 1. The number of halogens is 2. The number of benzene rings is 3. The number of hydrogen-bond donors (Lipinski definition) is 2. The predicted molar refractivity (Wildman–Crippen MR) is 203 cm³/mol. The number of anilines is 3. The van der Waals surface area contributed by atoms with E-state index in [1.165, 1.54) is 28.8 Å². The minimum atomic E-state index is -4.01. The van der Waals surface area contributed by atoms with E-state index in [1.807, 2.05) is 11.8 Å². The van der Waals surface area contributed by atoms with Crippen LogP contribution in [0.5, 0.6) is 0 Å². The molecular formula is C38H36F2N8O6S. The normalized spacial score (nSPS) is 16.9. The van der Waals surface area contributed by atoms with Gasteiger partial charge in [0, 0.05) is 55.4 Å². The summed E-state index contributed by atoms with van der Waals surface area (Å²) in [7, 11) is -4.01. The number of aryl methyl sites for hydroxylation is 3. The number of hydrogen-bond acceptors (Lipinski definition) is 10. The Morgan fingerprint density at radius 3 is 2.36 bits per heavy atom. The second-order valence-corrected chi connectivity index (χ2v) is 15.1. The second kappa shape index (κ2) is 14.3. The lowest BCUT2D eigenvalue weighted by molar-refractivity contribution is -0.112. The van der Waals surface area contributed by atoms with Gasteiger partial charge in [-0.3, -0.25) is 19.4 Å². The third kappa shape index (κ3) is 6.91. The van der Waals surface area contributed by atoms with Gasteiger partial charge in [-0.2, -0.15) is 0 Å². The highest BCUT2D eigenvalue weighted by molar-refractivity contribution is 7.92. The summed E-state index contributed by atoms with van der Waals surface area (Å²) < 4.78 is 61.5. The zero-order valence-electron chi connectivity index (χ0n) is 30.2. The number of aliphatic imine (C=N–C) groups is 1. The highest BCUT2D eigenvalue weighted by Crippen LogP contribution is 2.34. The maximum absolute atomic E-state index is 16.2. The van der Waals surface area contributed by atoms with Crippen molar-refractivity contribution < 1.29 is 31.9 Å². The highest BCUT2D eigenvalue weighted by atomic mass is 32.2. The van der Waals surface area contributed by atoms with Crippen molar-refractivity contribution in [3.05, 3.63) is 111 Å². The Balaban J connectivity index is 1.10. The summed E-state index contributed by atoms with van der Waals surface area (Å²) in [5.74, 6) is -3.82. The minimum Gasteiger partial charge on any atom is -0.477 e. The number of pyridine rings is 1. The molecule has 3 aromatic carbocycles. The Kier molecular flexibility index (Phi) is 9.68. The van der Waals surface area contributed by atoms with Crippen LogP contribution >= 0.6 is 0 Å². The molecule has 5 aromatic rings. The lowest BCUT2D eigenvalue weighted by atomic mass is 10.1. The average Bonchev–Trinajstić information content (AvgIpc) is 3.38. The molecule has 0 bridgehead atoms. The summed E-state index contributed by atoms with van der Waals surface area (Å²) in [6.45, 7) is 8.02. The molecule has 0 aliphatic carbocycles. The number of para-hydroxylation sites is 1. The van der Waals surface area contributed by atoms with E-state index in [1.54, 1.807) is 60.9 Å². The summed E-state index contributed by atoms with van der Waals surface area (Å²) in [6.07, 6.45) is 1.07. The van der Waals surface area contributed by atoms with Gasteiger partial charge in [-0.25, -0.2) is 41.7 Å². The largest absolute Gasteiger partial charge is 0.477 e. The number of carboxylic acid groups (broad SMARTS) is 1. The number of fused-ring (bicyclic) bond motifs is 2. The van der Waals surface area contributed by atoms with Gasteiger partial charge in [-0.1, -0.05) is 18.2 Å². The van der Waals surface area contributed by atoms with Gasteiger partial charge in [0.25, 0.3) is 15.9 Å². The Morgan fingerprint density at radius 2 is 1.71 bits per heavy atom. The predicted octanol–water partition coefficient (Wildman–Crippen LogP) is 4.84. The standard InChI is InChI=1S/C38H36F2N8O6S/c1-5-45-19-28(37(51)52)35(49)27-17-29(39)34(31(40)33(27)45)46-14-15-47(23(4)18-46)20-48-30-9-7-6-8-26(30)32(36(48)50)43-24-10-12-25(13-11-24)55(53,54)44-38-41-21(2)16-22(3)42-38/h6-13,16-17,19,23H,5,14-15,18,20H2,1-4H3,(H,51,52)(H,41,42,44). The molecule has 17 heteroatoms. The maximum atomic E-state index is 16.2. The first-order valence-corrected chi connectivity index (χ1v) is 18.9. The number of nitrogens with zero attached hydrogens (tertiary/aromatic N) is 7. The third-order valence-corrected chi connectivity index (χ3v) is 11.0. The van der Waals surface area contributed by atoms with Gasteiger partial charge in [-0.05, 0) is 70.2 Å². The van der Waals surface area contributed by atoms with E-state index in [4.69, 9.17) is 0 Å². The van der Waals surface area contributed by atoms with Crippen LogP contribution < -0.4 is 20.0 Å². The summed E-state index contributed by atoms with van der Waals surface area (Å²) in [6, 6.07) is 15.3. The van der Waals surface area contributed by atoms with Gasteiger partial charge in [0.05, 0.1) is 33.8 Å². The van der Waals surface area contributed by atoms with E-state index in [-0.39, 0.29) is 71.4 Å². The van der Waals surface area contributed by atoms with Gasteiger partial charge >= 0.3 is 5.97 Å². The molecule has 1 unspecified atom stereocenters. The fourth-order valence-corrected chi connectivity index (χ4v) is 7.99. The first-order chi connectivity index (χ1) is 26.2. The number of nitrogens with one attached hydrogen (secondary N) is 1. The van der Waals surface area contributed by atoms with Crippen molar-refractivity contribution >= 4 is 61.5 Å². The number of piperazine rings is 1. The minimum absolute atomic E-state index is 0.0393. The molecule has 1 atom stereocenters. The van der Waals surface area contributed by atoms with Crippen molar-refractivity contribution in [1.29, 1.82) is 0 Å². The maximum Gasteiger partial charge on any atom is 0.341 e. The SMILES string of the molecule is CCn1cc(C(=O)O)c(=O)c2cc(F)c(N3CCN(CN4C(=O)C(=Nc5ccc(S(=O)(=O)Nc6nc(C)cc(C)n6)cc5)c5ccccc54)C(C)C3)c(F)c21. The number of aromatic carboxylic acids is 1. The molecule has 4 heterocycles. The van der Waals surface area contributed by atoms with E-state index in [0.717, 1.165) is 12.3 Å². The molecule has 0 spiro atoms. The van der Waals surface area contributed by atoms with Crippen LogP contribution in [0.2, 0.25) is 0 Å². The smallest absolute Gasteiger partial charge is 0.341 e. The Morgan fingerprint density at radius 1 is 1.02 bits per heavy atom. The molecule has 2 aliphatic rings. The highest BCUT2D eigenvalue weighted by Gasteiger charge is 2.37. The fourth-order valence-electron chi connectivity index (χ4n) is 7.05. The molecule has 0 saturated carbocycles. The van der Waals surface area contributed by atoms with E-state index < -0.39 is 38.6 Å². The molecule has 1 saturated heterocycles. The van der Waals surface area contributed by atoms with Gasteiger partial charge in [0.15, 0.2) is 5.82 Å². The summed E-state index contributed by atoms with van der Waals surface area (Å²) in [5.41, 5.74) is 0.958. The van der Waals surface area contributed by atoms with Gasteiger partial charge < -0.3 is 14.6 Å². The Hall–Kier alpha value is -6.07. The molecule has 2 aromatic heterocycles. The zero-order chi connectivity index (χ0) is 39.3. The van der Waals surface area contributed by atoms with Crippen LogP contribution in [-0.4, -0.2) is 82.9 Å². The van der Waals surface area contributed by atoms with Crippen LogP contribution in [0.3, 0.4) is 0 Å². The number of carbonyl (C=O) groups is 2. The molecule has 55 heavy (non-hydrogen) atoms. The number of aromatic nitrogens is 3. The quantitative estimate of drug-likeness (QED) is 0.212. The number of carboxylic acids is 1. The zero-order valence-corrected chi connectivity index (χ0v) is 31.1. The van der Waals surface area contributed by atoms with Crippen molar-refractivity contribution in [3.63, 3.8) is 0 Å². The van der Waals surface area contributed by atoms with Crippen molar-refractivity contribution in [2.45, 2.75) is 45.2 Å². The second-order valence-electron chi connectivity index (χ2n) is 13.4. The average molecular weight is 771 g/mol. The molecule has 284 valence electrons. The molecule has 1 amide bonds. The van der Waals surface area contributed by atoms with Crippen LogP contribution in [0.1, 0.15) is 41.2 Å². The number of carbonyl (C=O) groups excluding carboxylic acids is 1. The Bertz CT molecular complexity index is 2580. The first-order valence-electron chi connectivity index (χ1n) is 17.4. The molecule has 2 N–H and O–H groups in total. The van der Waals surface area contributed by atoms with E-state index in [2.05, 4.69) is 19.7 Å². The molecule has 2 aliphatic heterocycles. The van der Waals surface area contributed by atoms with E-state index in [9.17, 15) is 27.9 Å². The van der Waals surface area contributed by atoms with Crippen molar-refractivity contribution in [2.75, 3.05) is 40.8 Å². The number of sulfonamides is 1. The lowest BCUT2D eigenvalue weighted by Crippen LogP contribution is -2.56. The van der Waals surface area contributed by atoms with Gasteiger partial charge in [-0.15, -0.1) is 0 Å². The molecule has 14 nitrogen and oxygen atoms in total. The fraction of sp³-hybridized carbons (Fsp3) is 0.263. The van der Waals surface area contributed by atoms with Crippen molar-refractivity contribution in [2.24, 2.45) is 4.99 Å². The monoisotopic (exact) mass is 770 g/mol. The van der Waals surface area contributed by atoms with Crippen LogP contribution in [0.4, 0.5) is 31.8 Å². The van der Waals surface area contributed by atoms with Crippen LogP contribution in [0, 0.1) is 25.5 Å². The Labute approximate surface area is 314 Å². The summed E-state index contributed by atoms with van der Waals surface area (Å²) >= 11 is 0. The topological polar surface area (TPSA) is 170 Å². The van der Waals surface area contributed by atoms with Crippen molar-refractivity contribution in [1.82, 2.24) is 19.4 Å². The van der Waals surface area contributed by atoms with Crippen LogP contribution in [0.15, 0.2) is 81.5 Å². The van der Waals surface area contributed by atoms with Crippen LogP contribution in [-0.2, 0) is 21.4 Å². The van der Waals surface area contributed by atoms with Gasteiger partial charge in [0.1, 0.15) is 22.8 Å². The molecule has 7 rings (SSSR count). The number of rotatable bonds is 9. The van der Waals surface area contributed by atoms with E-state index >= 15 is 8.78 Å². The summed E-state index contributed by atoms with van der Waals surface area (Å²) in [5, 5.41) is 9.12. The molecule has 0 radical (unpaired) electrons. The summed E-state index contributed by atoms with van der Waals surface area (Å²) in [4.78, 5) is 56.4.